The Morgan fingerprint density at radius 2 is 2.14 bits per heavy atom. The zero-order valence-corrected chi connectivity index (χ0v) is 13.1. The Balaban J connectivity index is 1.48. The predicted octanol–water partition coefficient (Wildman–Crippen LogP) is 3.34. The van der Waals surface area contributed by atoms with E-state index in [1.54, 1.807) is 0 Å². The summed E-state index contributed by atoms with van der Waals surface area (Å²) in [7, 11) is 0. The van der Waals surface area contributed by atoms with Crippen LogP contribution in [-0.2, 0) is 11.3 Å². The molecule has 4 heteroatoms. The van der Waals surface area contributed by atoms with Gasteiger partial charge in [0.15, 0.2) is 0 Å². The van der Waals surface area contributed by atoms with Gasteiger partial charge in [0.05, 0.1) is 6.61 Å². The highest BCUT2D eigenvalue weighted by Crippen LogP contribution is 2.16. The number of nitrogens with zero attached hydrogens (tertiary/aromatic N) is 1. The molecule has 1 atom stereocenters. The van der Waals surface area contributed by atoms with Crippen LogP contribution in [0.25, 0.3) is 0 Å². The van der Waals surface area contributed by atoms with Crippen molar-refractivity contribution < 1.29 is 9.47 Å². The Kier molecular flexibility index (Phi) is 4.91. The fourth-order valence-electron chi connectivity index (χ4n) is 2.47. The molecule has 112 valence electrons. The maximum atomic E-state index is 5.83. The molecule has 1 aliphatic heterocycles. The summed E-state index contributed by atoms with van der Waals surface area (Å²) in [6, 6.07) is 12.5. The van der Waals surface area contributed by atoms with Crippen LogP contribution in [0.15, 0.2) is 41.8 Å². The molecule has 2 heterocycles. The molecule has 1 aromatic heterocycles. The van der Waals surface area contributed by atoms with Crippen molar-refractivity contribution in [3.05, 3.63) is 52.2 Å². The summed E-state index contributed by atoms with van der Waals surface area (Å²) in [5.74, 6) is 0.916. The molecule has 0 aliphatic carbocycles. The van der Waals surface area contributed by atoms with Gasteiger partial charge in [0, 0.05) is 24.5 Å². The van der Waals surface area contributed by atoms with Crippen molar-refractivity contribution in [2.24, 2.45) is 0 Å². The molecule has 3 nitrogen and oxygen atoms in total. The van der Waals surface area contributed by atoms with Crippen molar-refractivity contribution >= 4 is 11.3 Å². The molecular weight excluding hydrogens is 282 g/mol. The number of aryl methyl sites for hydroxylation is 1. The molecular formula is C17H21NO2S. The molecule has 0 bridgehead atoms. The lowest BCUT2D eigenvalue weighted by Crippen LogP contribution is -2.44. The van der Waals surface area contributed by atoms with E-state index in [1.807, 2.05) is 23.5 Å². The SMILES string of the molecule is Cc1ccc(OC[C@@H]2CN(Cc3cccs3)CCO2)cc1. The molecule has 0 N–H and O–H groups in total. The lowest BCUT2D eigenvalue weighted by molar-refractivity contribution is -0.0501. The van der Waals surface area contributed by atoms with Crippen LogP contribution < -0.4 is 4.74 Å². The minimum absolute atomic E-state index is 0.153. The van der Waals surface area contributed by atoms with Gasteiger partial charge in [0.1, 0.15) is 18.5 Å². The molecule has 0 amide bonds. The summed E-state index contributed by atoms with van der Waals surface area (Å²) in [6.07, 6.45) is 0.153. The molecule has 0 radical (unpaired) electrons. The second kappa shape index (κ2) is 7.07. The summed E-state index contributed by atoms with van der Waals surface area (Å²) in [5.41, 5.74) is 1.25. The van der Waals surface area contributed by atoms with Crippen molar-refractivity contribution in [3.8, 4) is 5.75 Å². The lowest BCUT2D eigenvalue weighted by Gasteiger charge is -2.32. The maximum Gasteiger partial charge on any atom is 0.119 e. The number of ether oxygens (including phenoxy) is 2. The van der Waals surface area contributed by atoms with Gasteiger partial charge >= 0.3 is 0 Å². The molecule has 21 heavy (non-hydrogen) atoms. The fourth-order valence-corrected chi connectivity index (χ4v) is 3.22. The monoisotopic (exact) mass is 303 g/mol. The normalized spacial score (nSPS) is 19.6. The Bertz CT molecular complexity index is 538. The van der Waals surface area contributed by atoms with Gasteiger partial charge in [-0.2, -0.15) is 0 Å². The third kappa shape index (κ3) is 4.30. The summed E-state index contributed by atoms with van der Waals surface area (Å²) in [6.45, 7) is 6.43. The van der Waals surface area contributed by atoms with E-state index in [0.717, 1.165) is 32.0 Å². The molecule has 1 fully saturated rings. The average molecular weight is 303 g/mol. The molecule has 1 aromatic carbocycles. The van der Waals surface area contributed by atoms with E-state index in [-0.39, 0.29) is 6.10 Å². The number of rotatable bonds is 5. The third-order valence-corrected chi connectivity index (χ3v) is 4.50. The van der Waals surface area contributed by atoms with E-state index in [9.17, 15) is 0 Å². The van der Waals surface area contributed by atoms with Crippen LogP contribution in [0.4, 0.5) is 0 Å². The minimum atomic E-state index is 0.153. The first kappa shape index (κ1) is 14.6. The van der Waals surface area contributed by atoms with Crippen LogP contribution in [0.5, 0.6) is 5.75 Å². The van der Waals surface area contributed by atoms with Gasteiger partial charge in [0.25, 0.3) is 0 Å². The molecule has 0 unspecified atom stereocenters. The van der Waals surface area contributed by atoms with Crippen molar-refractivity contribution in [1.82, 2.24) is 4.90 Å². The predicted molar refractivity (Wildman–Crippen MR) is 86.0 cm³/mol. The Morgan fingerprint density at radius 1 is 1.29 bits per heavy atom. The number of hydrogen-bond acceptors (Lipinski definition) is 4. The first-order valence-electron chi connectivity index (χ1n) is 7.35. The van der Waals surface area contributed by atoms with Gasteiger partial charge < -0.3 is 9.47 Å². The number of hydrogen-bond donors (Lipinski definition) is 0. The van der Waals surface area contributed by atoms with Crippen LogP contribution in [0, 0.1) is 6.92 Å². The third-order valence-electron chi connectivity index (χ3n) is 3.64. The first-order valence-corrected chi connectivity index (χ1v) is 8.23. The van der Waals surface area contributed by atoms with Crippen LogP contribution in [0.3, 0.4) is 0 Å². The summed E-state index contributed by atoms with van der Waals surface area (Å²) < 4.78 is 11.6. The van der Waals surface area contributed by atoms with Crippen molar-refractivity contribution in [3.63, 3.8) is 0 Å². The van der Waals surface area contributed by atoms with Gasteiger partial charge in [-0.05, 0) is 30.5 Å². The summed E-state index contributed by atoms with van der Waals surface area (Å²) in [5, 5.41) is 2.13. The quantitative estimate of drug-likeness (QED) is 0.845. The zero-order valence-electron chi connectivity index (χ0n) is 12.3. The van der Waals surface area contributed by atoms with Gasteiger partial charge in [-0.1, -0.05) is 23.8 Å². The van der Waals surface area contributed by atoms with E-state index < -0.39 is 0 Å². The van der Waals surface area contributed by atoms with Gasteiger partial charge in [0.2, 0.25) is 0 Å². The molecule has 1 saturated heterocycles. The fraction of sp³-hybridized carbons (Fsp3) is 0.412. The van der Waals surface area contributed by atoms with Crippen molar-refractivity contribution in [2.75, 3.05) is 26.3 Å². The second-order valence-corrected chi connectivity index (χ2v) is 6.46. The topological polar surface area (TPSA) is 21.7 Å². The van der Waals surface area contributed by atoms with Crippen molar-refractivity contribution in [2.45, 2.75) is 19.6 Å². The minimum Gasteiger partial charge on any atom is -0.491 e. The second-order valence-electron chi connectivity index (χ2n) is 5.43. The van der Waals surface area contributed by atoms with Gasteiger partial charge in [-0.15, -0.1) is 11.3 Å². The summed E-state index contributed by atoms with van der Waals surface area (Å²) in [4.78, 5) is 3.86. The van der Waals surface area contributed by atoms with Crippen LogP contribution in [-0.4, -0.2) is 37.3 Å². The summed E-state index contributed by atoms with van der Waals surface area (Å²) >= 11 is 1.82. The number of benzene rings is 1. The van der Waals surface area contributed by atoms with Gasteiger partial charge in [-0.25, -0.2) is 0 Å². The van der Waals surface area contributed by atoms with Crippen LogP contribution in [0.2, 0.25) is 0 Å². The van der Waals surface area contributed by atoms with E-state index in [0.29, 0.717) is 6.61 Å². The van der Waals surface area contributed by atoms with E-state index in [2.05, 4.69) is 41.5 Å². The molecule has 1 aliphatic rings. The highest BCUT2D eigenvalue weighted by Gasteiger charge is 2.21. The Labute approximate surface area is 130 Å². The molecule has 2 aromatic rings. The van der Waals surface area contributed by atoms with E-state index >= 15 is 0 Å². The largest absolute Gasteiger partial charge is 0.491 e. The van der Waals surface area contributed by atoms with E-state index in [1.165, 1.54) is 10.4 Å². The standard InChI is InChI=1S/C17H21NO2S/c1-14-4-6-15(7-5-14)20-13-16-11-18(8-9-19-16)12-17-3-2-10-21-17/h2-7,10,16H,8-9,11-13H2,1H3/t16-/m0/s1. The number of thiophene rings is 1. The van der Waals surface area contributed by atoms with Crippen LogP contribution in [0.1, 0.15) is 10.4 Å². The van der Waals surface area contributed by atoms with Crippen LogP contribution >= 0.6 is 11.3 Å². The zero-order chi connectivity index (χ0) is 14.5. The Hall–Kier alpha value is -1.36. The average Bonchev–Trinajstić information content (AvgIpc) is 3.00. The van der Waals surface area contributed by atoms with Gasteiger partial charge in [-0.3, -0.25) is 4.90 Å². The van der Waals surface area contributed by atoms with E-state index in [4.69, 9.17) is 9.47 Å². The lowest BCUT2D eigenvalue weighted by atomic mass is 10.2. The smallest absolute Gasteiger partial charge is 0.119 e. The highest BCUT2D eigenvalue weighted by atomic mass is 32.1. The Morgan fingerprint density at radius 3 is 2.90 bits per heavy atom. The highest BCUT2D eigenvalue weighted by molar-refractivity contribution is 7.09. The molecule has 0 saturated carbocycles. The molecule has 0 spiro atoms. The first-order chi connectivity index (χ1) is 10.3. The number of morpholine rings is 1. The maximum absolute atomic E-state index is 5.83. The molecule has 3 rings (SSSR count). The van der Waals surface area contributed by atoms with Crippen molar-refractivity contribution in [1.29, 1.82) is 0 Å².